The number of rotatable bonds is 3. The Balaban J connectivity index is 1.96. The van der Waals surface area contributed by atoms with Crippen LogP contribution >= 0.6 is 0 Å². The van der Waals surface area contributed by atoms with Crippen molar-refractivity contribution in [1.82, 2.24) is 15.3 Å². The van der Waals surface area contributed by atoms with Crippen LogP contribution in [0.4, 0.5) is 5.95 Å². The Kier molecular flexibility index (Phi) is 3.94. The van der Waals surface area contributed by atoms with E-state index in [1.165, 1.54) is 25.7 Å². The van der Waals surface area contributed by atoms with E-state index in [1.54, 1.807) is 0 Å². The van der Waals surface area contributed by atoms with E-state index < -0.39 is 0 Å². The Hall–Kier alpha value is -1.16. The van der Waals surface area contributed by atoms with Gasteiger partial charge in [-0.25, -0.2) is 9.97 Å². The zero-order valence-corrected chi connectivity index (χ0v) is 11.0. The van der Waals surface area contributed by atoms with Crippen LogP contribution in [0.15, 0.2) is 12.4 Å². The molecule has 4 nitrogen and oxygen atoms in total. The summed E-state index contributed by atoms with van der Waals surface area (Å²) in [5, 5.41) is 3.36. The number of anilines is 1. The zero-order chi connectivity index (χ0) is 12.3. The maximum atomic E-state index is 4.39. The van der Waals surface area contributed by atoms with Gasteiger partial charge < -0.3 is 10.2 Å². The number of aryl methyl sites for hydroxylation is 1. The maximum absolute atomic E-state index is 4.39. The maximum Gasteiger partial charge on any atom is 0.225 e. The van der Waals surface area contributed by atoms with Crippen molar-refractivity contribution in [3.63, 3.8) is 0 Å². The Morgan fingerprint density at radius 3 is 2.29 bits per heavy atom. The van der Waals surface area contributed by atoms with E-state index in [4.69, 9.17) is 0 Å². The fourth-order valence-electron chi connectivity index (χ4n) is 2.48. The molecule has 0 spiro atoms. The summed E-state index contributed by atoms with van der Waals surface area (Å²) < 4.78 is 0. The van der Waals surface area contributed by atoms with Crippen LogP contribution in [0.25, 0.3) is 0 Å². The fourth-order valence-corrected chi connectivity index (χ4v) is 2.48. The molecule has 1 heterocycles. The van der Waals surface area contributed by atoms with E-state index in [-0.39, 0.29) is 0 Å². The highest BCUT2D eigenvalue weighted by Gasteiger charge is 2.24. The lowest BCUT2D eigenvalue weighted by Gasteiger charge is -2.34. The van der Waals surface area contributed by atoms with Crippen LogP contribution < -0.4 is 10.2 Å². The second-order valence-electron chi connectivity index (χ2n) is 4.97. The van der Waals surface area contributed by atoms with E-state index in [0.717, 1.165) is 11.5 Å². The third-order valence-electron chi connectivity index (χ3n) is 3.74. The topological polar surface area (TPSA) is 41.0 Å². The first-order valence-electron chi connectivity index (χ1n) is 6.39. The SMILES string of the molecule is CNC1CCC(N(C)c2ncc(C)cn2)CC1. The van der Waals surface area contributed by atoms with Crippen molar-refractivity contribution >= 4 is 5.95 Å². The number of aromatic nitrogens is 2. The van der Waals surface area contributed by atoms with Crippen LogP contribution in [0, 0.1) is 6.92 Å². The Morgan fingerprint density at radius 2 is 1.76 bits per heavy atom. The smallest absolute Gasteiger partial charge is 0.225 e. The van der Waals surface area contributed by atoms with Gasteiger partial charge in [-0.05, 0) is 45.2 Å². The lowest BCUT2D eigenvalue weighted by Crippen LogP contribution is -2.40. The molecule has 0 atom stereocenters. The zero-order valence-electron chi connectivity index (χ0n) is 11.0. The predicted octanol–water partition coefficient (Wildman–Crippen LogP) is 1.75. The van der Waals surface area contributed by atoms with Crippen LogP contribution in [-0.4, -0.2) is 36.1 Å². The molecule has 1 aromatic rings. The fraction of sp³-hybridized carbons (Fsp3) is 0.692. The summed E-state index contributed by atoms with van der Waals surface area (Å²) in [5.74, 6) is 0.850. The van der Waals surface area contributed by atoms with E-state index in [2.05, 4.69) is 34.3 Å². The summed E-state index contributed by atoms with van der Waals surface area (Å²) in [6.07, 6.45) is 8.71. The highest BCUT2D eigenvalue weighted by molar-refractivity contribution is 5.30. The van der Waals surface area contributed by atoms with Gasteiger partial charge in [-0.15, -0.1) is 0 Å². The molecule has 1 aliphatic carbocycles. The molecule has 1 N–H and O–H groups in total. The van der Waals surface area contributed by atoms with Crippen LogP contribution in [-0.2, 0) is 0 Å². The van der Waals surface area contributed by atoms with Gasteiger partial charge in [0.15, 0.2) is 0 Å². The Bertz CT molecular complexity index is 341. The third kappa shape index (κ3) is 2.94. The molecule has 94 valence electrons. The summed E-state index contributed by atoms with van der Waals surface area (Å²) in [6, 6.07) is 1.28. The first-order valence-corrected chi connectivity index (χ1v) is 6.39. The average molecular weight is 234 g/mol. The molecule has 4 heteroatoms. The summed E-state index contributed by atoms with van der Waals surface area (Å²) in [5.41, 5.74) is 1.11. The van der Waals surface area contributed by atoms with Gasteiger partial charge in [-0.3, -0.25) is 0 Å². The standard InChI is InChI=1S/C13H22N4/c1-10-8-15-13(16-9-10)17(3)12-6-4-11(14-2)5-7-12/h8-9,11-12,14H,4-7H2,1-3H3. The predicted molar refractivity (Wildman–Crippen MR) is 70.3 cm³/mol. The van der Waals surface area contributed by atoms with E-state index in [1.807, 2.05) is 19.3 Å². The second-order valence-corrected chi connectivity index (χ2v) is 4.97. The molecule has 2 rings (SSSR count). The summed E-state index contributed by atoms with van der Waals surface area (Å²) in [6.45, 7) is 2.02. The van der Waals surface area contributed by atoms with Gasteiger partial charge in [0.25, 0.3) is 0 Å². The van der Waals surface area contributed by atoms with Crippen LogP contribution in [0.3, 0.4) is 0 Å². The molecule has 0 amide bonds. The molecule has 17 heavy (non-hydrogen) atoms. The highest BCUT2D eigenvalue weighted by atomic mass is 15.2. The minimum Gasteiger partial charge on any atom is -0.341 e. The number of nitrogens with one attached hydrogen (secondary N) is 1. The molecule has 0 radical (unpaired) electrons. The van der Waals surface area contributed by atoms with Gasteiger partial charge >= 0.3 is 0 Å². The van der Waals surface area contributed by atoms with Crippen molar-refractivity contribution in [2.24, 2.45) is 0 Å². The van der Waals surface area contributed by atoms with E-state index in [9.17, 15) is 0 Å². The Morgan fingerprint density at radius 1 is 1.18 bits per heavy atom. The molecule has 0 aliphatic heterocycles. The molecule has 0 aromatic carbocycles. The molecule has 0 bridgehead atoms. The van der Waals surface area contributed by atoms with Gasteiger partial charge in [0, 0.05) is 31.5 Å². The van der Waals surface area contributed by atoms with Gasteiger partial charge in [0.05, 0.1) is 0 Å². The second kappa shape index (κ2) is 5.45. The van der Waals surface area contributed by atoms with Crippen molar-refractivity contribution in [2.45, 2.75) is 44.7 Å². The first-order chi connectivity index (χ1) is 8.20. The van der Waals surface area contributed by atoms with Gasteiger partial charge in [-0.1, -0.05) is 0 Å². The lowest BCUT2D eigenvalue weighted by atomic mass is 9.90. The number of nitrogens with zero attached hydrogens (tertiary/aromatic N) is 3. The summed E-state index contributed by atoms with van der Waals surface area (Å²) in [4.78, 5) is 11.0. The van der Waals surface area contributed by atoms with E-state index in [0.29, 0.717) is 12.1 Å². The van der Waals surface area contributed by atoms with E-state index >= 15 is 0 Å². The average Bonchev–Trinajstić information content (AvgIpc) is 2.39. The molecule has 1 aromatic heterocycles. The normalized spacial score (nSPS) is 24.6. The largest absolute Gasteiger partial charge is 0.341 e. The van der Waals surface area contributed by atoms with Gasteiger partial charge in [-0.2, -0.15) is 0 Å². The number of hydrogen-bond acceptors (Lipinski definition) is 4. The van der Waals surface area contributed by atoms with Gasteiger partial charge in [0.2, 0.25) is 5.95 Å². The van der Waals surface area contributed by atoms with Gasteiger partial charge in [0.1, 0.15) is 0 Å². The van der Waals surface area contributed by atoms with Crippen LogP contribution in [0.5, 0.6) is 0 Å². The van der Waals surface area contributed by atoms with Crippen molar-refractivity contribution in [3.05, 3.63) is 18.0 Å². The molecule has 1 aliphatic rings. The minimum absolute atomic E-state index is 0.585. The highest BCUT2D eigenvalue weighted by Crippen LogP contribution is 2.24. The van der Waals surface area contributed by atoms with Crippen molar-refractivity contribution < 1.29 is 0 Å². The molecule has 0 unspecified atom stereocenters. The lowest BCUT2D eigenvalue weighted by molar-refractivity contribution is 0.349. The molecule has 1 saturated carbocycles. The quantitative estimate of drug-likeness (QED) is 0.865. The molecular weight excluding hydrogens is 212 g/mol. The molecule has 1 fully saturated rings. The molecular formula is C13H22N4. The van der Waals surface area contributed by atoms with Crippen LogP contribution in [0.1, 0.15) is 31.2 Å². The third-order valence-corrected chi connectivity index (χ3v) is 3.74. The van der Waals surface area contributed by atoms with Crippen molar-refractivity contribution in [3.8, 4) is 0 Å². The van der Waals surface area contributed by atoms with Crippen LogP contribution in [0.2, 0.25) is 0 Å². The first kappa shape index (κ1) is 12.3. The minimum atomic E-state index is 0.585. The monoisotopic (exact) mass is 234 g/mol. The van der Waals surface area contributed by atoms with Crippen molar-refractivity contribution in [2.75, 3.05) is 19.0 Å². The van der Waals surface area contributed by atoms with Crippen molar-refractivity contribution in [1.29, 1.82) is 0 Å². The Labute approximate surface area is 103 Å². The number of hydrogen-bond donors (Lipinski definition) is 1. The summed E-state index contributed by atoms with van der Waals surface area (Å²) >= 11 is 0. The molecule has 0 saturated heterocycles. The summed E-state index contributed by atoms with van der Waals surface area (Å²) in [7, 11) is 4.16.